The highest BCUT2D eigenvalue weighted by Gasteiger charge is 2.27. The Morgan fingerprint density at radius 3 is 2.73 bits per heavy atom. The molecule has 30 heavy (non-hydrogen) atoms. The van der Waals surface area contributed by atoms with E-state index in [1.54, 1.807) is 4.90 Å². The van der Waals surface area contributed by atoms with Crippen molar-refractivity contribution in [2.75, 3.05) is 26.2 Å². The molecule has 2 heterocycles. The fourth-order valence-corrected chi connectivity index (χ4v) is 3.87. The predicted molar refractivity (Wildman–Crippen MR) is 117 cm³/mol. The molecule has 1 atom stereocenters. The Morgan fingerprint density at radius 1 is 1.13 bits per heavy atom. The van der Waals surface area contributed by atoms with E-state index in [-0.39, 0.29) is 17.7 Å². The second kappa shape index (κ2) is 10.3. The smallest absolute Gasteiger partial charge is 0.311 e. The molecule has 2 aromatic rings. The number of hydrogen-bond acceptors (Lipinski definition) is 3. The van der Waals surface area contributed by atoms with Crippen LogP contribution in [0.25, 0.3) is 10.9 Å². The Morgan fingerprint density at radius 2 is 1.93 bits per heavy atom. The Hall–Kier alpha value is -2.83. The summed E-state index contributed by atoms with van der Waals surface area (Å²) in [6.07, 6.45) is 4.60. The number of benzene rings is 1. The molecule has 0 radical (unpaired) electrons. The molecule has 162 valence electrons. The molecule has 0 spiro atoms. The van der Waals surface area contributed by atoms with Crippen LogP contribution in [0.1, 0.15) is 33.1 Å². The highest BCUT2D eigenvalue weighted by Crippen LogP contribution is 2.17. The van der Waals surface area contributed by atoms with Gasteiger partial charge in [0.05, 0.1) is 0 Å². The average molecular weight is 413 g/mol. The molecule has 3 rings (SSSR count). The fourth-order valence-electron chi connectivity index (χ4n) is 3.87. The van der Waals surface area contributed by atoms with Crippen LogP contribution < -0.4 is 10.6 Å². The first-order chi connectivity index (χ1) is 14.5. The highest BCUT2D eigenvalue weighted by molar-refractivity contribution is 6.35. The maximum atomic E-state index is 12.5. The number of nitrogens with zero attached hydrogens (tertiary/aromatic N) is 2. The van der Waals surface area contributed by atoms with E-state index in [0.29, 0.717) is 26.2 Å². The van der Waals surface area contributed by atoms with Crippen molar-refractivity contribution >= 4 is 28.6 Å². The molecule has 3 amide bonds. The standard InChI is InChI=1S/C23H32N4O3/c1-17(2)21(28)25-15-18-7-5-12-27(16-18)23(30)22(29)24-11-6-13-26-14-10-19-8-3-4-9-20(19)26/h3-4,8-10,14,17-18H,5-7,11-13,15-16H2,1-2H3,(H,24,29)(H,25,28). The minimum Gasteiger partial charge on any atom is -0.356 e. The Kier molecular flexibility index (Phi) is 7.49. The van der Waals surface area contributed by atoms with Crippen LogP contribution in [0.3, 0.4) is 0 Å². The highest BCUT2D eigenvalue weighted by atomic mass is 16.2. The molecule has 0 bridgehead atoms. The first kappa shape index (κ1) is 21.9. The molecule has 7 nitrogen and oxygen atoms in total. The summed E-state index contributed by atoms with van der Waals surface area (Å²) in [5.74, 6) is -0.853. The normalized spacial score (nSPS) is 16.6. The van der Waals surface area contributed by atoms with Gasteiger partial charge < -0.3 is 20.1 Å². The van der Waals surface area contributed by atoms with Gasteiger partial charge in [-0.2, -0.15) is 0 Å². The lowest BCUT2D eigenvalue weighted by atomic mass is 9.97. The van der Waals surface area contributed by atoms with Crippen LogP contribution in [0.15, 0.2) is 36.5 Å². The first-order valence-electron chi connectivity index (χ1n) is 10.8. The van der Waals surface area contributed by atoms with E-state index in [9.17, 15) is 14.4 Å². The number of amides is 3. The molecule has 0 aliphatic carbocycles. The summed E-state index contributed by atoms with van der Waals surface area (Å²) in [6.45, 7) is 6.61. The monoisotopic (exact) mass is 412 g/mol. The topological polar surface area (TPSA) is 83.4 Å². The molecule has 1 unspecified atom stereocenters. The van der Waals surface area contributed by atoms with Crippen LogP contribution in [0.2, 0.25) is 0 Å². The summed E-state index contributed by atoms with van der Waals surface area (Å²) in [5.41, 5.74) is 1.17. The number of fused-ring (bicyclic) bond motifs is 1. The number of rotatable bonds is 7. The zero-order valence-electron chi connectivity index (χ0n) is 17.9. The Bertz CT molecular complexity index is 889. The van der Waals surface area contributed by atoms with Gasteiger partial charge in [0.2, 0.25) is 5.91 Å². The molecule has 0 saturated carbocycles. The number of para-hydroxylation sites is 1. The van der Waals surface area contributed by atoms with Gasteiger partial charge in [-0.15, -0.1) is 0 Å². The van der Waals surface area contributed by atoms with Gasteiger partial charge in [-0.05, 0) is 42.7 Å². The lowest BCUT2D eigenvalue weighted by Crippen LogP contribution is -2.49. The van der Waals surface area contributed by atoms with E-state index >= 15 is 0 Å². The van der Waals surface area contributed by atoms with Crippen molar-refractivity contribution in [1.29, 1.82) is 0 Å². The van der Waals surface area contributed by atoms with Crippen molar-refractivity contribution in [2.24, 2.45) is 11.8 Å². The zero-order chi connectivity index (χ0) is 21.5. The van der Waals surface area contributed by atoms with Crippen molar-refractivity contribution in [2.45, 2.75) is 39.7 Å². The SMILES string of the molecule is CC(C)C(=O)NCC1CCCN(C(=O)C(=O)NCCCn2ccc3ccccc32)C1. The quantitative estimate of drug-likeness (QED) is 0.540. The Balaban J connectivity index is 1.40. The molecular weight excluding hydrogens is 380 g/mol. The van der Waals surface area contributed by atoms with Crippen LogP contribution in [0, 0.1) is 11.8 Å². The summed E-state index contributed by atoms with van der Waals surface area (Å²) in [4.78, 5) is 38.2. The van der Waals surface area contributed by atoms with Crippen molar-refractivity contribution in [3.63, 3.8) is 0 Å². The van der Waals surface area contributed by atoms with Gasteiger partial charge in [-0.25, -0.2) is 0 Å². The van der Waals surface area contributed by atoms with Crippen molar-refractivity contribution in [3.05, 3.63) is 36.5 Å². The van der Waals surface area contributed by atoms with Crippen LogP contribution in [0.4, 0.5) is 0 Å². The van der Waals surface area contributed by atoms with Gasteiger partial charge in [0.1, 0.15) is 0 Å². The van der Waals surface area contributed by atoms with E-state index < -0.39 is 11.8 Å². The Labute approximate surface area is 177 Å². The molecule has 1 aromatic heterocycles. The molecule has 2 N–H and O–H groups in total. The lowest BCUT2D eigenvalue weighted by Gasteiger charge is -2.32. The molecular formula is C23H32N4O3. The first-order valence-corrected chi connectivity index (χ1v) is 10.8. The maximum Gasteiger partial charge on any atom is 0.311 e. The molecule has 1 aliphatic rings. The van der Waals surface area contributed by atoms with Gasteiger partial charge in [0.15, 0.2) is 0 Å². The van der Waals surface area contributed by atoms with E-state index in [2.05, 4.69) is 33.4 Å². The molecule has 1 fully saturated rings. The third kappa shape index (κ3) is 5.62. The van der Waals surface area contributed by atoms with Crippen LogP contribution in [0.5, 0.6) is 0 Å². The number of hydrogen-bond donors (Lipinski definition) is 2. The second-order valence-corrected chi connectivity index (χ2v) is 8.34. The summed E-state index contributed by atoms with van der Waals surface area (Å²) >= 11 is 0. The number of nitrogens with one attached hydrogen (secondary N) is 2. The number of aromatic nitrogens is 1. The third-order valence-electron chi connectivity index (χ3n) is 5.63. The summed E-state index contributed by atoms with van der Waals surface area (Å²) in [7, 11) is 0. The van der Waals surface area contributed by atoms with E-state index in [4.69, 9.17) is 0 Å². The number of piperidine rings is 1. The summed E-state index contributed by atoms with van der Waals surface area (Å²) < 4.78 is 2.16. The maximum absolute atomic E-state index is 12.5. The molecule has 1 aliphatic heterocycles. The van der Waals surface area contributed by atoms with Gasteiger partial charge in [-0.1, -0.05) is 32.0 Å². The second-order valence-electron chi connectivity index (χ2n) is 8.34. The van der Waals surface area contributed by atoms with Crippen molar-refractivity contribution < 1.29 is 14.4 Å². The van der Waals surface area contributed by atoms with Crippen LogP contribution >= 0.6 is 0 Å². The number of carbonyl (C=O) groups excluding carboxylic acids is 3. The van der Waals surface area contributed by atoms with E-state index in [0.717, 1.165) is 25.8 Å². The minimum atomic E-state index is -0.542. The van der Waals surface area contributed by atoms with Gasteiger partial charge in [-0.3, -0.25) is 14.4 Å². The molecule has 1 saturated heterocycles. The largest absolute Gasteiger partial charge is 0.356 e. The minimum absolute atomic E-state index is 0.0201. The zero-order valence-corrected chi connectivity index (χ0v) is 17.9. The average Bonchev–Trinajstić information content (AvgIpc) is 3.17. The molecule has 1 aromatic carbocycles. The van der Waals surface area contributed by atoms with Gasteiger partial charge >= 0.3 is 11.8 Å². The summed E-state index contributed by atoms with van der Waals surface area (Å²) in [6, 6.07) is 10.3. The van der Waals surface area contributed by atoms with Gasteiger partial charge in [0, 0.05) is 50.4 Å². The number of aryl methyl sites for hydroxylation is 1. The van der Waals surface area contributed by atoms with E-state index in [1.807, 2.05) is 32.2 Å². The predicted octanol–water partition coefficient (Wildman–Crippen LogP) is 2.16. The van der Waals surface area contributed by atoms with E-state index in [1.165, 1.54) is 10.9 Å². The van der Waals surface area contributed by atoms with Crippen molar-refractivity contribution in [3.8, 4) is 0 Å². The molecule has 7 heteroatoms. The van der Waals surface area contributed by atoms with Gasteiger partial charge in [0.25, 0.3) is 0 Å². The van der Waals surface area contributed by atoms with Crippen LogP contribution in [-0.4, -0.2) is 53.4 Å². The lowest BCUT2D eigenvalue weighted by molar-refractivity contribution is -0.147. The summed E-state index contributed by atoms with van der Waals surface area (Å²) in [5, 5.41) is 6.88. The fraction of sp³-hybridized carbons (Fsp3) is 0.522. The third-order valence-corrected chi connectivity index (χ3v) is 5.63. The van der Waals surface area contributed by atoms with Crippen LogP contribution in [-0.2, 0) is 20.9 Å². The van der Waals surface area contributed by atoms with Crippen molar-refractivity contribution in [1.82, 2.24) is 20.1 Å². The number of likely N-dealkylation sites (tertiary alicyclic amines) is 1. The number of carbonyl (C=O) groups is 3.